The molecule has 1 saturated heterocycles. The number of rotatable bonds is 5. The minimum absolute atomic E-state index is 0.0314. The summed E-state index contributed by atoms with van der Waals surface area (Å²) < 4.78 is 42.5. The van der Waals surface area contributed by atoms with Crippen LogP contribution in [0.4, 0.5) is 13.2 Å². The number of nitrogens with one attached hydrogen (secondary N) is 1. The Morgan fingerprint density at radius 3 is 2.30 bits per heavy atom. The third-order valence-electron chi connectivity index (χ3n) is 5.89. The molecule has 1 N–H and O–H groups in total. The Balaban J connectivity index is 1.58. The molecule has 0 bridgehead atoms. The van der Waals surface area contributed by atoms with Gasteiger partial charge in [-0.2, -0.15) is 13.2 Å². The first-order chi connectivity index (χ1) is 15.6. The van der Waals surface area contributed by atoms with Gasteiger partial charge in [-0.15, -0.1) is 0 Å². The maximum atomic E-state index is 14.2. The summed E-state index contributed by atoms with van der Waals surface area (Å²) in [5.41, 5.74) is 1.04. The first-order valence-corrected chi connectivity index (χ1v) is 11.5. The summed E-state index contributed by atoms with van der Waals surface area (Å²) in [6.45, 7) is 3.27. The van der Waals surface area contributed by atoms with E-state index in [2.05, 4.69) is 5.48 Å². The third-order valence-corrected chi connectivity index (χ3v) is 7.09. The van der Waals surface area contributed by atoms with Crippen LogP contribution in [0.5, 0.6) is 0 Å². The number of likely N-dealkylation sites (tertiary alicyclic amines) is 1. The molecule has 0 saturated carbocycles. The number of carbonyl (C=O) groups is 1. The second-order valence-corrected chi connectivity index (χ2v) is 9.31. The highest BCUT2D eigenvalue weighted by Crippen LogP contribution is 2.49. The van der Waals surface area contributed by atoms with Crippen molar-refractivity contribution in [1.29, 1.82) is 0 Å². The number of alkyl halides is 3. The summed E-state index contributed by atoms with van der Waals surface area (Å²) in [6, 6.07) is 9.34. The number of amides is 1. The Morgan fingerprint density at radius 2 is 1.76 bits per heavy atom. The summed E-state index contributed by atoms with van der Waals surface area (Å²) in [4.78, 5) is 18.9. The average Bonchev–Trinajstić information content (AvgIpc) is 3.18. The van der Waals surface area contributed by atoms with Crippen molar-refractivity contribution in [3.05, 3.63) is 74.2 Å². The van der Waals surface area contributed by atoms with Gasteiger partial charge in [-0.05, 0) is 35.8 Å². The number of hydrogen-bond acceptors (Lipinski definition) is 3. The van der Waals surface area contributed by atoms with Crippen LogP contribution in [0.3, 0.4) is 0 Å². The van der Waals surface area contributed by atoms with Crippen LogP contribution in [0.2, 0.25) is 15.1 Å². The standard InChI is InChI=1S/C23H20Cl3F3N2O2/c1-2-3-20(32)31-11-15(12-31)13-4-6-14(7-5-13)19-10-22(33-30-19,23(27,28)29)16-8-17(24)21(26)18(25)9-16/h4-10,15,30H,2-3,11-12H2,1H3. The highest BCUT2D eigenvalue weighted by atomic mass is 35.5. The Bertz CT molecular complexity index is 1080. The van der Waals surface area contributed by atoms with E-state index in [1.54, 1.807) is 12.1 Å². The molecule has 0 radical (unpaired) electrons. The third kappa shape index (κ3) is 4.44. The van der Waals surface area contributed by atoms with E-state index in [9.17, 15) is 18.0 Å². The summed E-state index contributed by atoms with van der Waals surface area (Å²) in [5.74, 6) is 0.364. The van der Waals surface area contributed by atoms with Crippen molar-refractivity contribution in [2.45, 2.75) is 37.5 Å². The van der Waals surface area contributed by atoms with Crippen molar-refractivity contribution in [2.75, 3.05) is 13.1 Å². The van der Waals surface area contributed by atoms with E-state index in [1.807, 2.05) is 24.0 Å². The number of halogens is 6. The van der Waals surface area contributed by atoms with Gasteiger partial charge in [-0.3, -0.25) is 15.1 Å². The largest absolute Gasteiger partial charge is 0.428 e. The lowest BCUT2D eigenvalue weighted by atomic mass is 9.89. The Kier molecular flexibility index (Phi) is 6.62. The Labute approximate surface area is 204 Å². The predicted octanol–water partition coefficient (Wildman–Crippen LogP) is 6.71. The van der Waals surface area contributed by atoms with Crippen molar-refractivity contribution >= 4 is 46.4 Å². The topological polar surface area (TPSA) is 41.6 Å². The van der Waals surface area contributed by atoms with Gasteiger partial charge in [0.05, 0.1) is 20.8 Å². The highest BCUT2D eigenvalue weighted by Gasteiger charge is 2.59. The fraction of sp³-hybridized carbons (Fsp3) is 0.348. The number of hydrogen-bond donors (Lipinski definition) is 1. The lowest BCUT2D eigenvalue weighted by Crippen LogP contribution is -2.48. The van der Waals surface area contributed by atoms with Gasteiger partial charge >= 0.3 is 6.18 Å². The van der Waals surface area contributed by atoms with E-state index in [4.69, 9.17) is 39.6 Å². The summed E-state index contributed by atoms with van der Waals surface area (Å²) in [5, 5.41) is -0.245. The molecule has 2 aromatic rings. The summed E-state index contributed by atoms with van der Waals surface area (Å²) >= 11 is 17.8. The molecule has 176 valence electrons. The molecule has 1 fully saturated rings. The molecule has 0 spiro atoms. The number of hydroxylamine groups is 1. The van der Waals surface area contributed by atoms with E-state index in [1.165, 1.54) is 0 Å². The van der Waals surface area contributed by atoms with Crippen LogP contribution >= 0.6 is 34.8 Å². The molecular weight excluding hydrogens is 500 g/mol. The van der Waals surface area contributed by atoms with Gasteiger partial charge in [0.25, 0.3) is 0 Å². The lowest BCUT2D eigenvalue weighted by Gasteiger charge is -2.39. The van der Waals surface area contributed by atoms with Crippen molar-refractivity contribution in [1.82, 2.24) is 10.4 Å². The monoisotopic (exact) mass is 518 g/mol. The van der Waals surface area contributed by atoms with Gasteiger partial charge in [0.15, 0.2) is 0 Å². The molecule has 1 unspecified atom stereocenters. The van der Waals surface area contributed by atoms with Crippen LogP contribution in [-0.2, 0) is 15.2 Å². The van der Waals surface area contributed by atoms with Crippen molar-refractivity contribution in [3.63, 3.8) is 0 Å². The van der Waals surface area contributed by atoms with E-state index >= 15 is 0 Å². The van der Waals surface area contributed by atoms with Crippen LogP contribution in [0.1, 0.15) is 42.4 Å². The molecule has 2 aromatic carbocycles. The number of carbonyl (C=O) groups excluding carboxylic acids is 1. The van der Waals surface area contributed by atoms with Gasteiger partial charge in [-0.1, -0.05) is 66.0 Å². The number of benzene rings is 2. The second kappa shape index (κ2) is 9.02. The van der Waals surface area contributed by atoms with Gasteiger partial charge in [0.2, 0.25) is 11.5 Å². The zero-order valence-electron chi connectivity index (χ0n) is 17.5. The first-order valence-electron chi connectivity index (χ1n) is 10.3. The minimum Gasteiger partial charge on any atom is -0.341 e. The van der Waals surface area contributed by atoms with Crippen LogP contribution < -0.4 is 5.48 Å². The van der Waals surface area contributed by atoms with Crippen LogP contribution in [0.25, 0.3) is 5.70 Å². The second-order valence-electron chi connectivity index (χ2n) is 8.12. The fourth-order valence-corrected chi connectivity index (χ4v) is 4.55. The molecule has 10 heteroatoms. The molecule has 1 amide bonds. The molecule has 33 heavy (non-hydrogen) atoms. The van der Waals surface area contributed by atoms with Crippen LogP contribution in [0.15, 0.2) is 42.5 Å². The van der Waals surface area contributed by atoms with Crippen molar-refractivity contribution in [3.8, 4) is 0 Å². The lowest BCUT2D eigenvalue weighted by molar-refractivity contribution is -0.269. The first kappa shape index (κ1) is 24.2. The van der Waals surface area contributed by atoms with Crippen molar-refractivity contribution < 1.29 is 22.8 Å². The van der Waals surface area contributed by atoms with Gasteiger partial charge in [0.1, 0.15) is 0 Å². The zero-order valence-corrected chi connectivity index (χ0v) is 19.7. The van der Waals surface area contributed by atoms with Gasteiger partial charge in [-0.25, -0.2) is 0 Å². The average molecular weight is 520 g/mol. The zero-order chi connectivity index (χ0) is 24.0. The Hall–Kier alpha value is -1.93. The molecule has 2 heterocycles. The van der Waals surface area contributed by atoms with Crippen LogP contribution in [-0.4, -0.2) is 30.1 Å². The van der Waals surface area contributed by atoms with Gasteiger partial charge < -0.3 is 4.90 Å². The maximum absolute atomic E-state index is 14.2. The van der Waals surface area contributed by atoms with Crippen LogP contribution in [0, 0.1) is 0 Å². The highest BCUT2D eigenvalue weighted by molar-refractivity contribution is 6.48. The SMILES string of the molecule is CCCC(=O)N1CC(c2ccc(C3=CC(c4cc(Cl)c(Cl)c(Cl)c4)(C(F)(F)F)ON3)cc2)C1. The summed E-state index contributed by atoms with van der Waals surface area (Å²) in [7, 11) is 0. The van der Waals surface area contributed by atoms with E-state index in [0.717, 1.165) is 30.2 Å². The molecule has 2 aliphatic rings. The molecule has 0 aliphatic carbocycles. The quantitative estimate of drug-likeness (QED) is 0.447. The van der Waals surface area contributed by atoms with Gasteiger partial charge in [0, 0.05) is 31.0 Å². The smallest absolute Gasteiger partial charge is 0.341 e. The van der Waals surface area contributed by atoms with Crippen molar-refractivity contribution in [2.24, 2.45) is 0 Å². The Morgan fingerprint density at radius 1 is 1.15 bits per heavy atom. The summed E-state index contributed by atoms with van der Waals surface area (Å²) in [6.07, 6.45) is -2.49. The fourth-order valence-electron chi connectivity index (χ4n) is 3.96. The molecule has 4 nitrogen and oxygen atoms in total. The molecule has 4 rings (SSSR count). The number of nitrogens with zero attached hydrogens (tertiary/aromatic N) is 1. The minimum atomic E-state index is -4.80. The molecule has 0 aromatic heterocycles. The molecule has 1 atom stereocenters. The normalized spacial score (nSPS) is 20.9. The van der Waals surface area contributed by atoms with E-state index < -0.39 is 11.8 Å². The maximum Gasteiger partial charge on any atom is 0.428 e. The van der Waals surface area contributed by atoms with E-state index in [0.29, 0.717) is 25.1 Å². The predicted molar refractivity (Wildman–Crippen MR) is 122 cm³/mol. The van der Waals surface area contributed by atoms with E-state index in [-0.39, 0.29) is 38.2 Å². The molecular formula is C23H20Cl3F3N2O2. The molecule has 2 aliphatic heterocycles.